The number of rotatable bonds is 7. The van der Waals surface area contributed by atoms with Crippen LogP contribution in [-0.4, -0.2) is 16.6 Å². The number of nitrogens with one attached hydrogen (secondary N) is 1. The van der Waals surface area contributed by atoms with Crippen LogP contribution in [-0.2, 0) is 16.8 Å². The van der Waals surface area contributed by atoms with Gasteiger partial charge in [0.25, 0.3) is 0 Å². The summed E-state index contributed by atoms with van der Waals surface area (Å²) in [6.45, 7) is 10.9. The first-order chi connectivity index (χ1) is 9.08. The van der Waals surface area contributed by atoms with E-state index in [1.165, 1.54) is 0 Å². The Labute approximate surface area is 115 Å². The summed E-state index contributed by atoms with van der Waals surface area (Å²) in [5, 5.41) is 0. The molecule has 0 spiro atoms. The molecule has 0 saturated carbocycles. The normalized spacial score (nSPS) is 11.7. The predicted molar refractivity (Wildman–Crippen MR) is 77.8 cm³/mol. The van der Waals surface area contributed by atoms with Gasteiger partial charge in [-0.15, -0.1) is 0 Å². The Morgan fingerprint density at radius 1 is 1.16 bits per heavy atom. The SMILES string of the molecule is CCOC(CC)(CC)c1nc(C)c(CC)c(NN)n1. The minimum Gasteiger partial charge on any atom is -0.367 e. The maximum absolute atomic E-state index is 5.95. The Hall–Kier alpha value is -1.20. The van der Waals surface area contributed by atoms with E-state index in [-0.39, 0.29) is 0 Å². The summed E-state index contributed by atoms with van der Waals surface area (Å²) < 4.78 is 5.95. The van der Waals surface area contributed by atoms with Crippen molar-refractivity contribution in [2.24, 2.45) is 5.84 Å². The Balaban J connectivity index is 3.36. The molecular formula is C14H26N4O. The van der Waals surface area contributed by atoms with Crippen LogP contribution in [0.25, 0.3) is 0 Å². The maximum atomic E-state index is 5.95. The highest BCUT2D eigenvalue weighted by molar-refractivity contribution is 5.45. The van der Waals surface area contributed by atoms with Crippen LogP contribution in [0.2, 0.25) is 0 Å². The van der Waals surface area contributed by atoms with Crippen LogP contribution in [0.15, 0.2) is 0 Å². The van der Waals surface area contributed by atoms with Crippen molar-refractivity contribution < 1.29 is 4.74 Å². The number of ether oxygens (including phenoxy) is 1. The first-order valence-electron chi connectivity index (χ1n) is 7.06. The van der Waals surface area contributed by atoms with E-state index in [1.54, 1.807) is 0 Å². The van der Waals surface area contributed by atoms with Gasteiger partial charge in [-0.25, -0.2) is 15.8 Å². The molecule has 0 aliphatic rings. The fourth-order valence-corrected chi connectivity index (χ4v) is 2.45. The van der Waals surface area contributed by atoms with Crippen molar-refractivity contribution in [3.05, 3.63) is 17.1 Å². The molecule has 0 radical (unpaired) electrons. The first-order valence-corrected chi connectivity index (χ1v) is 7.06. The van der Waals surface area contributed by atoms with Crippen molar-refractivity contribution in [1.29, 1.82) is 0 Å². The molecule has 1 aromatic rings. The summed E-state index contributed by atoms with van der Waals surface area (Å²) in [5.74, 6) is 7.01. The molecular weight excluding hydrogens is 240 g/mol. The third-order valence-corrected chi connectivity index (χ3v) is 3.67. The number of hydrogen-bond donors (Lipinski definition) is 2. The number of aromatic nitrogens is 2. The average molecular weight is 266 g/mol. The van der Waals surface area contributed by atoms with Gasteiger partial charge in [-0.3, -0.25) is 0 Å². The number of hydrogen-bond acceptors (Lipinski definition) is 5. The molecule has 1 heterocycles. The number of anilines is 1. The third kappa shape index (κ3) is 3.04. The van der Waals surface area contributed by atoms with Gasteiger partial charge in [0.1, 0.15) is 11.4 Å². The zero-order chi connectivity index (χ0) is 14.5. The van der Waals surface area contributed by atoms with Crippen LogP contribution in [0.3, 0.4) is 0 Å². The summed E-state index contributed by atoms with van der Waals surface area (Å²) in [5.41, 5.74) is 4.29. The van der Waals surface area contributed by atoms with E-state index < -0.39 is 5.60 Å². The highest BCUT2D eigenvalue weighted by atomic mass is 16.5. The highest BCUT2D eigenvalue weighted by Gasteiger charge is 2.33. The second-order valence-electron chi connectivity index (χ2n) is 4.59. The number of aryl methyl sites for hydroxylation is 1. The minimum atomic E-state index is -0.419. The molecule has 0 bridgehead atoms. The average Bonchev–Trinajstić information content (AvgIpc) is 2.43. The van der Waals surface area contributed by atoms with Crippen LogP contribution < -0.4 is 11.3 Å². The first kappa shape index (κ1) is 15.9. The van der Waals surface area contributed by atoms with Gasteiger partial charge in [0.05, 0.1) is 0 Å². The Kier molecular flexibility index (Phi) is 5.69. The smallest absolute Gasteiger partial charge is 0.162 e. The summed E-state index contributed by atoms with van der Waals surface area (Å²) in [6, 6.07) is 0. The van der Waals surface area contributed by atoms with Crippen molar-refractivity contribution >= 4 is 5.82 Å². The topological polar surface area (TPSA) is 73.1 Å². The molecule has 0 aromatic carbocycles. The second kappa shape index (κ2) is 6.82. The number of nitrogens with two attached hydrogens (primary N) is 1. The Morgan fingerprint density at radius 3 is 2.21 bits per heavy atom. The molecule has 19 heavy (non-hydrogen) atoms. The van der Waals surface area contributed by atoms with E-state index in [0.717, 1.165) is 36.3 Å². The van der Waals surface area contributed by atoms with Gasteiger partial charge in [0, 0.05) is 17.9 Å². The summed E-state index contributed by atoms with van der Waals surface area (Å²) in [7, 11) is 0. The van der Waals surface area contributed by atoms with Gasteiger partial charge in [-0.1, -0.05) is 20.8 Å². The lowest BCUT2D eigenvalue weighted by atomic mass is 9.95. The zero-order valence-electron chi connectivity index (χ0n) is 12.7. The third-order valence-electron chi connectivity index (χ3n) is 3.67. The lowest BCUT2D eigenvalue weighted by Crippen LogP contribution is -2.32. The van der Waals surface area contributed by atoms with Crippen molar-refractivity contribution in [3.8, 4) is 0 Å². The molecule has 0 atom stereocenters. The lowest BCUT2D eigenvalue weighted by Gasteiger charge is -2.30. The molecule has 3 N–H and O–H groups in total. The summed E-state index contributed by atoms with van der Waals surface area (Å²) >= 11 is 0. The summed E-state index contributed by atoms with van der Waals surface area (Å²) in [6.07, 6.45) is 2.53. The molecule has 1 aromatic heterocycles. The molecule has 0 amide bonds. The molecule has 0 aliphatic carbocycles. The standard InChI is InChI=1S/C14H26N4O/c1-6-11-10(5)16-13(17-12(11)18-15)14(7-2,8-3)19-9-4/h6-9,15H2,1-5H3,(H,16,17,18). The Bertz CT molecular complexity index is 416. The van der Waals surface area contributed by atoms with E-state index in [0.29, 0.717) is 12.4 Å². The highest BCUT2D eigenvalue weighted by Crippen LogP contribution is 2.32. The van der Waals surface area contributed by atoms with Gasteiger partial charge >= 0.3 is 0 Å². The van der Waals surface area contributed by atoms with Crippen LogP contribution in [0.1, 0.15) is 57.6 Å². The van der Waals surface area contributed by atoms with Crippen molar-refractivity contribution in [2.45, 2.75) is 59.5 Å². The number of nitrogen functional groups attached to an aromatic ring is 1. The quantitative estimate of drug-likeness (QED) is 0.586. The molecule has 0 saturated heterocycles. The van der Waals surface area contributed by atoms with Crippen LogP contribution >= 0.6 is 0 Å². The van der Waals surface area contributed by atoms with Crippen molar-refractivity contribution in [1.82, 2.24) is 9.97 Å². The van der Waals surface area contributed by atoms with Crippen molar-refractivity contribution in [3.63, 3.8) is 0 Å². The van der Waals surface area contributed by atoms with Crippen molar-refractivity contribution in [2.75, 3.05) is 12.0 Å². The molecule has 1 rings (SSSR count). The fourth-order valence-electron chi connectivity index (χ4n) is 2.45. The van der Waals surface area contributed by atoms with Gasteiger partial charge in [-0.2, -0.15) is 0 Å². The van der Waals surface area contributed by atoms with Gasteiger partial charge in [0.2, 0.25) is 0 Å². The molecule has 108 valence electrons. The number of nitrogens with zero attached hydrogens (tertiary/aromatic N) is 2. The van der Waals surface area contributed by atoms with Crippen LogP contribution in [0.4, 0.5) is 5.82 Å². The minimum absolute atomic E-state index is 0.419. The zero-order valence-corrected chi connectivity index (χ0v) is 12.7. The molecule has 5 heteroatoms. The maximum Gasteiger partial charge on any atom is 0.162 e. The largest absolute Gasteiger partial charge is 0.367 e. The second-order valence-corrected chi connectivity index (χ2v) is 4.59. The fraction of sp³-hybridized carbons (Fsp3) is 0.714. The van der Waals surface area contributed by atoms with Gasteiger partial charge in [-0.05, 0) is 33.1 Å². The number of hydrazine groups is 1. The van der Waals surface area contributed by atoms with Gasteiger partial charge < -0.3 is 10.2 Å². The molecule has 0 unspecified atom stereocenters. The van der Waals surface area contributed by atoms with Crippen LogP contribution in [0, 0.1) is 6.92 Å². The molecule has 0 aliphatic heterocycles. The predicted octanol–water partition coefficient (Wildman–Crippen LogP) is 2.68. The molecule has 5 nitrogen and oxygen atoms in total. The van der Waals surface area contributed by atoms with Crippen LogP contribution in [0.5, 0.6) is 0 Å². The van der Waals surface area contributed by atoms with Gasteiger partial charge in [0.15, 0.2) is 5.82 Å². The van der Waals surface area contributed by atoms with E-state index >= 15 is 0 Å². The van der Waals surface area contributed by atoms with E-state index in [4.69, 9.17) is 10.6 Å². The Morgan fingerprint density at radius 2 is 1.79 bits per heavy atom. The van der Waals surface area contributed by atoms with E-state index in [1.807, 2.05) is 13.8 Å². The lowest BCUT2D eigenvalue weighted by molar-refractivity contribution is -0.0571. The molecule has 0 fully saturated rings. The summed E-state index contributed by atoms with van der Waals surface area (Å²) in [4.78, 5) is 9.24. The van der Waals surface area contributed by atoms with E-state index in [9.17, 15) is 0 Å². The monoisotopic (exact) mass is 266 g/mol. The van der Waals surface area contributed by atoms with E-state index in [2.05, 4.69) is 36.2 Å².